The molecule has 0 heterocycles. The lowest BCUT2D eigenvalue weighted by Crippen LogP contribution is -2.44. The predicted octanol–water partition coefficient (Wildman–Crippen LogP) is -1.80. The number of methoxy groups -OCH3 is 2. The molecule has 15 heavy (non-hydrogen) atoms. The normalized spacial score (nSPS) is 11.4. The zero-order chi connectivity index (χ0) is 11.8. The molecule has 0 aliphatic carbocycles. The van der Waals surface area contributed by atoms with Gasteiger partial charge in [0.1, 0.15) is 12.6 Å². The Hall–Kier alpha value is -1.63. The molecular weight excluding hydrogens is 206 g/mol. The Morgan fingerprint density at radius 3 is 2.27 bits per heavy atom. The summed E-state index contributed by atoms with van der Waals surface area (Å²) in [4.78, 5) is 32.7. The largest absolute Gasteiger partial charge is 0.469 e. The van der Waals surface area contributed by atoms with Crippen LogP contribution in [0, 0.1) is 0 Å². The highest BCUT2D eigenvalue weighted by Gasteiger charge is 2.24. The van der Waals surface area contributed by atoms with Crippen molar-refractivity contribution in [3.05, 3.63) is 0 Å². The standard InChI is InChI=1S/C8H13NO6/c1-14-7(12)3-5(8(13)15-2)9-6(11)4-10/h5,10H,3-4H2,1-2H3,(H,9,11)/t5-/m0/s1. The van der Waals surface area contributed by atoms with E-state index >= 15 is 0 Å². The topological polar surface area (TPSA) is 102 Å². The van der Waals surface area contributed by atoms with Gasteiger partial charge in [0.2, 0.25) is 5.91 Å². The van der Waals surface area contributed by atoms with E-state index in [0.717, 1.165) is 14.2 Å². The monoisotopic (exact) mass is 219 g/mol. The van der Waals surface area contributed by atoms with Crippen molar-refractivity contribution in [3.8, 4) is 0 Å². The maximum Gasteiger partial charge on any atom is 0.328 e. The molecule has 0 saturated carbocycles. The van der Waals surface area contributed by atoms with Crippen LogP contribution in [0.4, 0.5) is 0 Å². The first-order valence-electron chi connectivity index (χ1n) is 4.10. The van der Waals surface area contributed by atoms with Gasteiger partial charge in [0, 0.05) is 0 Å². The van der Waals surface area contributed by atoms with Crippen molar-refractivity contribution in [1.29, 1.82) is 0 Å². The third kappa shape index (κ3) is 4.96. The minimum Gasteiger partial charge on any atom is -0.469 e. The first-order valence-corrected chi connectivity index (χ1v) is 4.10. The van der Waals surface area contributed by atoms with Crippen molar-refractivity contribution in [2.75, 3.05) is 20.8 Å². The van der Waals surface area contributed by atoms with E-state index in [1.807, 2.05) is 0 Å². The van der Waals surface area contributed by atoms with Gasteiger partial charge in [-0.2, -0.15) is 0 Å². The number of aliphatic hydroxyl groups excluding tert-OH is 1. The van der Waals surface area contributed by atoms with Crippen LogP contribution in [-0.2, 0) is 23.9 Å². The minimum absolute atomic E-state index is 0.338. The fourth-order valence-electron chi connectivity index (χ4n) is 0.826. The molecule has 0 rings (SSSR count). The SMILES string of the molecule is COC(=O)C[C@H](NC(=O)CO)C(=O)OC. The summed E-state index contributed by atoms with van der Waals surface area (Å²) in [6.45, 7) is -0.769. The van der Waals surface area contributed by atoms with E-state index in [4.69, 9.17) is 5.11 Å². The lowest BCUT2D eigenvalue weighted by molar-refractivity contribution is -0.150. The molecule has 0 aliphatic heterocycles. The maximum absolute atomic E-state index is 11.1. The molecule has 0 aromatic carbocycles. The number of ether oxygens (including phenoxy) is 2. The molecule has 2 N–H and O–H groups in total. The molecule has 7 heteroatoms. The first-order chi connectivity index (χ1) is 7.04. The van der Waals surface area contributed by atoms with E-state index < -0.39 is 30.5 Å². The summed E-state index contributed by atoms with van der Waals surface area (Å²) in [5, 5.41) is 10.6. The van der Waals surface area contributed by atoms with Gasteiger partial charge >= 0.3 is 11.9 Å². The molecule has 0 fully saturated rings. The van der Waals surface area contributed by atoms with Crippen molar-refractivity contribution in [2.45, 2.75) is 12.5 Å². The summed E-state index contributed by atoms with van der Waals surface area (Å²) in [5.74, 6) is -2.21. The molecule has 0 aromatic rings. The average molecular weight is 219 g/mol. The van der Waals surface area contributed by atoms with Crippen LogP contribution in [0.3, 0.4) is 0 Å². The second-order valence-corrected chi connectivity index (χ2v) is 2.58. The van der Waals surface area contributed by atoms with Crippen molar-refractivity contribution < 1.29 is 29.0 Å². The molecule has 0 unspecified atom stereocenters. The van der Waals surface area contributed by atoms with Crippen molar-refractivity contribution in [2.24, 2.45) is 0 Å². The summed E-state index contributed by atoms with van der Waals surface area (Å²) in [6, 6.07) is -1.14. The second-order valence-electron chi connectivity index (χ2n) is 2.58. The minimum atomic E-state index is -1.14. The number of esters is 2. The highest BCUT2D eigenvalue weighted by atomic mass is 16.5. The molecule has 7 nitrogen and oxygen atoms in total. The number of amides is 1. The summed E-state index contributed by atoms with van der Waals surface area (Å²) >= 11 is 0. The molecule has 0 bridgehead atoms. The molecule has 0 spiro atoms. The van der Waals surface area contributed by atoms with Crippen LogP contribution in [0.5, 0.6) is 0 Å². The van der Waals surface area contributed by atoms with Crippen LogP contribution in [0.25, 0.3) is 0 Å². The Bertz CT molecular complexity index is 234. The Balaban J connectivity index is 4.37. The molecule has 0 saturated heterocycles. The molecule has 1 atom stereocenters. The number of nitrogens with one attached hydrogen (secondary N) is 1. The predicted molar refractivity (Wildman–Crippen MR) is 47.7 cm³/mol. The van der Waals surface area contributed by atoms with Crippen molar-refractivity contribution >= 4 is 17.8 Å². The molecular formula is C8H13NO6. The van der Waals surface area contributed by atoms with Gasteiger partial charge < -0.3 is 19.9 Å². The molecule has 0 aromatic heterocycles. The number of carbonyl (C=O) groups is 3. The van der Waals surface area contributed by atoms with Crippen LogP contribution in [0.15, 0.2) is 0 Å². The molecule has 1 amide bonds. The van der Waals surface area contributed by atoms with Gasteiger partial charge in [-0.1, -0.05) is 0 Å². The van der Waals surface area contributed by atoms with E-state index in [2.05, 4.69) is 14.8 Å². The lowest BCUT2D eigenvalue weighted by atomic mass is 10.2. The van der Waals surface area contributed by atoms with Gasteiger partial charge in [0.25, 0.3) is 0 Å². The Morgan fingerprint density at radius 2 is 1.87 bits per heavy atom. The van der Waals surface area contributed by atoms with Gasteiger partial charge in [-0.3, -0.25) is 9.59 Å². The summed E-state index contributed by atoms with van der Waals surface area (Å²) in [5.41, 5.74) is 0. The van der Waals surface area contributed by atoms with Gasteiger partial charge in [-0.05, 0) is 0 Å². The molecule has 0 radical (unpaired) electrons. The number of carbonyl (C=O) groups excluding carboxylic acids is 3. The first kappa shape index (κ1) is 13.4. The van der Waals surface area contributed by atoms with Crippen LogP contribution < -0.4 is 5.32 Å². The summed E-state index contributed by atoms with van der Waals surface area (Å²) in [6.07, 6.45) is -0.338. The van der Waals surface area contributed by atoms with Crippen molar-refractivity contribution in [1.82, 2.24) is 5.32 Å². The summed E-state index contributed by atoms with van der Waals surface area (Å²) in [7, 11) is 2.28. The molecule has 0 aliphatic rings. The van der Waals surface area contributed by atoms with Crippen LogP contribution in [-0.4, -0.2) is 49.8 Å². The number of rotatable bonds is 5. The molecule has 86 valence electrons. The van der Waals surface area contributed by atoms with Crippen LogP contribution >= 0.6 is 0 Å². The Kier molecular flexibility index (Phi) is 6.03. The third-order valence-corrected chi connectivity index (χ3v) is 1.56. The highest BCUT2D eigenvalue weighted by Crippen LogP contribution is 1.97. The third-order valence-electron chi connectivity index (χ3n) is 1.56. The Morgan fingerprint density at radius 1 is 1.27 bits per heavy atom. The van der Waals surface area contributed by atoms with E-state index in [-0.39, 0.29) is 6.42 Å². The van der Waals surface area contributed by atoms with E-state index in [0.29, 0.717) is 0 Å². The van der Waals surface area contributed by atoms with E-state index in [1.165, 1.54) is 0 Å². The quantitative estimate of drug-likeness (QED) is 0.529. The fourth-order valence-corrected chi connectivity index (χ4v) is 0.826. The second kappa shape index (κ2) is 6.77. The average Bonchev–Trinajstić information content (AvgIpc) is 2.26. The highest BCUT2D eigenvalue weighted by molar-refractivity contribution is 5.88. The smallest absolute Gasteiger partial charge is 0.328 e. The number of hydrogen-bond donors (Lipinski definition) is 2. The summed E-state index contributed by atoms with van der Waals surface area (Å²) < 4.78 is 8.69. The number of hydrogen-bond acceptors (Lipinski definition) is 6. The van der Waals surface area contributed by atoms with Crippen LogP contribution in [0.1, 0.15) is 6.42 Å². The number of aliphatic hydroxyl groups is 1. The van der Waals surface area contributed by atoms with Gasteiger partial charge in [0.05, 0.1) is 20.6 Å². The van der Waals surface area contributed by atoms with E-state index in [1.54, 1.807) is 0 Å². The zero-order valence-electron chi connectivity index (χ0n) is 8.48. The lowest BCUT2D eigenvalue weighted by Gasteiger charge is -2.14. The van der Waals surface area contributed by atoms with Gasteiger partial charge in [0.15, 0.2) is 0 Å². The van der Waals surface area contributed by atoms with Gasteiger partial charge in [-0.15, -0.1) is 0 Å². The zero-order valence-corrected chi connectivity index (χ0v) is 8.48. The Labute approximate surface area is 86.3 Å². The maximum atomic E-state index is 11.1. The van der Waals surface area contributed by atoms with E-state index in [9.17, 15) is 14.4 Å². The van der Waals surface area contributed by atoms with Crippen LogP contribution in [0.2, 0.25) is 0 Å². The fraction of sp³-hybridized carbons (Fsp3) is 0.625. The van der Waals surface area contributed by atoms with Crippen molar-refractivity contribution in [3.63, 3.8) is 0 Å². The van der Waals surface area contributed by atoms with Gasteiger partial charge in [-0.25, -0.2) is 4.79 Å².